The Morgan fingerprint density at radius 2 is 1.60 bits per heavy atom. The highest BCUT2D eigenvalue weighted by Crippen LogP contribution is 2.20. The van der Waals surface area contributed by atoms with Crippen molar-refractivity contribution in [2.24, 2.45) is 0 Å². The van der Waals surface area contributed by atoms with Crippen LogP contribution in [0, 0.1) is 13.8 Å². The van der Waals surface area contributed by atoms with Crippen LogP contribution in [0.3, 0.4) is 0 Å². The van der Waals surface area contributed by atoms with E-state index in [1.165, 1.54) is 19.2 Å². The van der Waals surface area contributed by atoms with E-state index in [1.54, 1.807) is 18.2 Å². The zero-order valence-electron chi connectivity index (χ0n) is 11.7. The highest BCUT2D eigenvalue weighted by molar-refractivity contribution is 7.92. The summed E-state index contributed by atoms with van der Waals surface area (Å²) in [5.74, 6) is 0.620. The van der Waals surface area contributed by atoms with E-state index in [9.17, 15) is 8.42 Å². The topological polar surface area (TPSA) is 55.4 Å². The van der Waals surface area contributed by atoms with E-state index in [0.29, 0.717) is 11.4 Å². The summed E-state index contributed by atoms with van der Waals surface area (Å²) in [6.45, 7) is 3.93. The summed E-state index contributed by atoms with van der Waals surface area (Å²) < 4.78 is 32.1. The first-order valence-electron chi connectivity index (χ1n) is 6.16. The second-order valence-electron chi connectivity index (χ2n) is 4.58. The standard InChI is InChI=1S/C15H17NO3S/c1-11-4-5-13(10-12(11)2)16-20(17,18)15-8-6-14(19-3)7-9-15/h4-10,16H,1-3H3. The van der Waals surface area contributed by atoms with Gasteiger partial charge < -0.3 is 4.74 Å². The van der Waals surface area contributed by atoms with Crippen LogP contribution in [0.15, 0.2) is 47.4 Å². The van der Waals surface area contributed by atoms with Crippen LogP contribution in [-0.2, 0) is 10.0 Å². The van der Waals surface area contributed by atoms with E-state index in [-0.39, 0.29) is 4.90 Å². The van der Waals surface area contributed by atoms with Crippen molar-refractivity contribution in [1.82, 2.24) is 0 Å². The van der Waals surface area contributed by atoms with Crippen molar-refractivity contribution in [2.75, 3.05) is 11.8 Å². The molecule has 0 aliphatic heterocycles. The minimum atomic E-state index is -3.57. The van der Waals surface area contributed by atoms with E-state index in [0.717, 1.165) is 11.1 Å². The molecule has 0 aromatic heterocycles. The quantitative estimate of drug-likeness (QED) is 0.941. The molecule has 4 nitrogen and oxygen atoms in total. The van der Waals surface area contributed by atoms with Crippen molar-refractivity contribution in [3.63, 3.8) is 0 Å². The molecule has 0 radical (unpaired) electrons. The van der Waals surface area contributed by atoms with Gasteiger partial charge in [0.2, 0.25) is 0 Å². The predicted molar refractivity (Wildman–Crippen MR) is 79.7 cm³/mol. The number of anilines is 1. The van der Waals surface area contributed by atoms with Gasteiger partial charge in [-0.15, -0.1) is 0 Å². The Kier molecular flexibility index (Phi) is 3.99. The molecule has 2 aromatic carbocycles. The minimum Gasteiger partial charge on any atom is -0.497 e. The third kappa shape index (κ3) is 3.11. The van der Waals surface area contributed by atoms with Gasteiger partial charge in [-0.2, -0.15) is 0 Å². The molecule has 0 heterocycles. The van der Waals surface area contributed by atoms with Gasteiger partial charge in [-0.1, -0.05) is 6.07 Å². The van der Waals surface area contributed by atoms with Crippen LogP contribution in [-0.4, -0.2) is 15.5 Å². The summed E-state index contributed by atoms with van der Waals surface area (Å²) >= 11 is 0. The second-order valence-corrected chi connectivity index (χ2v) is 6.26. The fourth-order valence-corrected chi connectivity index (χ4v) is 2.82. The maximum absolute atomic E-state index is 12.2. The van der Waals surface area contributed by atoms with Gasteiger partial charge in [0, 0.05) is 5.69 Å². The van der Waals surface area contributed by atoms with E-state index in [2.05, 4.69) is 4.72 Å². The average molecular weight is 291 g/mol. The zero-order valence-corrected chi connectivity index (χ0v) is 12.5. The minimum absolute atomic E-state index is 0.205. The van der Waals surface area contributed by atoms with Gasteiger partial charge in [0.15, 0.2) is 0 Å². The summed E-state index contributed by atoms with van der Waals surface area (Å²) in [5.41, 5.74) is 2.72. The van der Waals surface area contributed by atoms with Gasteiger partial charge in [0.1, 0.15) is 5.75 Å². The van der Waals surface area contributed by atoms with E-state index in [4.69, 9.17) is 4.74 Å². The van der Waals surface area contributed by atoms with Crippen molar-refractivity contribution in [2.45, 2.75) is 18.7 Å². The monoisotopic (exact) mass is 291 g/mol. The lowest BCUT2D eigenvalue weighted by atomic mass is 10.1. The first-order valence-corrected chi connectivity index (χ1v) is 7.65. The second kappa shape index (κ2) is 5.54. The number of sulfonamides is 1. The maximum Gasteiger partial charge on any atom is 0.261 e. The first-order chi connectivity index (χ1) is 9.42. The number of hydrogen-bond donors (Lipinski definition) is 1. The largest absolute Gasteiger partial charge is 0.497 e. The number of ether oxygens (including phenoxy) is 1. The van der Waals surface area contributed by atoms with Crippen LogP contribution in [0.5, 0.6) is 5.75 Å². The lowest BCUT2D eigenvalue weighted by molar-refractivity contribution is 0.414. The van der Waals surface area contributed by atoms with Gasteiger partial charge >= 0.3 is 0 Å². The Balaban J connectivity index is 2.27. The summed E-state index contributed by atoms with van der Waals surface area (Å²) in [6, 6.07) is 11.7. The molecule has 2 aromatic rings. The van der Waals surface area contributed by atoms with Gasteiger partial charge in [-0.25, -0.2) is 8.42 Å². The molecule has 0 aliphatic carbocycles. The molecular formula is C15H17NO3S. The Labute approximate surface area is 119 Å². The molecule has 2 rings (SSSR count). The molecule has 106 valence electrons. The molecular weight excluding hydrogens is 274 g/mol. The molecule has 0 atom stereocenters. The molecule has 0 saturated heterocycles. The van der Waals surface area contributed by atoms with Crippen molar-refractivity contribution in [3.8, 4) is 5.75 Å². The molecule has 0 bridgehead atoms. The summed E-state index contributed by atoms with van der Waals surface area (Å²) in [6.07, 6.45) is 0. The highest BCUT2D eigenvalue weighted by atomic mass is 32.2. The molecule has 20 heavy (non-hydrogen) atoms. The fourth-order valence-electron chi connectivity index (χ4n) is 1.77. The molecule has 0 aliphatic rings. The summed E-state index contributed by atoms with van der Waals surface area (Å²) in [4.78, 5) is 0.205. The molecule has 0 fully saturated rings. The third-order valence-electron chi connectivity index (χ3n) is 3.13. The van der Waals surface area contributed by atoms with Crippen molar-refractivity contribution < 1.29 is 13.2 Å². The van der Waals surface area contributed by atoms with Gasteiger partial charge in [-0.05, 0) is 61.4 Å². The number of benzene rings is 2. The van der Waals surface area contributed by atoms with E-state index >= 15 is 0 Å². The maximum atomic E-state index is 12.2. The van der Waals surface area contributed by atoms with Crippen LogP contribution in [0.4, 0.5) is 5.69 Å². The Hall–Kier alpha value is -2.01. The lowest BCUT2D eigenvalue weighted by Gasteiger charge is -2.10. The molecule has 5 heteroatoms. The Bertz CT molecular complexity index is 706. The smallest absolute Gasteiger partial charge is 0.261 e. The lowest BCUT2D eigenvalue weighted by Crippen LogP contribution is -2.13. The number of rotatable bonds is 4. The zero-order chi connectivity index (χ0) is 14.8. The Morgan fingerprint density at radius 1 is 0.950 bits per heavy atom. The Morgan fingerprint density at radius 3 is 2.15 bits per heavy atom. The van der Waals surface area contributed by atoms with Crippen molar-refractivity contribution in [3.05, 3.63) is 53.6 Å². The number of methoxy groups -OCH3 is 1. The average Bonchev–Trinajstić information content (AvgIpc) is 2.43. The van der Waals surface area contributed by atoms with Crippen LogP contribution >= 0.6 is 0 Å². The summed E-state index contributed by atoms with van der Waals surface area (Å²) in [7, 11) is -2.03. The van der Waals surface area contributed by atoms with Crippen molar-refractivity contribution in [1.29, 1.82) is 0 Å². The molecule has 0 amide bonds. The van der Waals surface area contributed by atoms with Crippen molar-refractivity contribution >= 4 is 15.7 Å². The SMILES string of the molecule is COc1ccc(S(=O)(=O)Nc2ccc(C)c(C)c2)cc1. The normalized spacial score (nSPS) is 11.2. The van der Waals surface area contributed by atoms with Gasteiger partial charge in [0.05, 0.1) is 12.0 Å². The fraction of sp³-hybridized carbons (Fsp3) is 0.200. The van der Waals surface area contributed by atoms with Crippen LogP contribution < -0.4 is 9.46 Å². The van der Waals surface area contributed by atoms with E-state index in [1.807, 2.05) is 26.0 Å². The van der Waals surface area contributed by atoms with E-state index < -0.39 is 10.0 Å². The van der Waals surface area contributed by atoms with Gasteiger partial charge in [-0.3, -0.25) is 4.72 Å². The van der Waals surface area contributed by atoms with Crippen LogP contribution in [0.1, 0.15) is 11.1 Å². The number of nitrogens with one attached hydrogen (secondary N) is 1. The molecule has 1 N–H and O–H groups in total. The van der Waals surface area contributed by atoms with Crippen LogP contribution in [0.2, 0.25) is 0 Å². The highest BCUT2D eigenvalue weighted by Gasteiger charge is 2.14. The number of aryl methyl sites for hydroxylation is 2. The molecule has 0 saturated carbocycles. The van der Waals surface area contributed by atoms with Crippen LogP contribution in [0.25, 0.3) is 0 Å². The molecule has 0 unspecified atom stereocenters. The predicted octanol–water partition coefficient (Wildman–Crippen LogP) is 3.11. The first kappa shape index (κ1) is 14.4. The third-order valence-corrected chi connectivity index (χ3v) is 4.53. The molecule has 0 spiro atoms. The number of hydrogen-bond acceptors (Lipinski definition) is 3. The van der Waals surface area contributed by atoms with Gasteiger partial charge in [0.25, 0.3) is 10.0 Å². The summed E-state index contributed by atoms with van der Waals surface area (Å²) in [5, 5.41) is 0.